The van der Waals surface area contributed by atoms with Crippen molar-refractivity contribution in [2.24, 2.45) is 0 Å². The Balaban J connectivity index is 1.45. The van der Waals surface area contributed by atoms with Crippen molar-refractivity contribution in [1.82, 2.24) is 0 Å². The molecule has 0 aliphatic heterocycles. The maximum absolute atomic E-state index is 11.2. The second kappa shape index (κ2) is 14.3. The van der Waals surface area contributed by atoms with Gasteiger partial charge in [-0.1, -0.05) is 62.4 Å². The number of phenolic OH excluding ortho intramolecular Hbond substituents is 1. The van der Waals surface area contributed by atoms with Crippen molar-refractivity contribution < 1.29 is 27.6 Å². The van der Waals surface area contributed by atoms with Gasteiger partial charge in [-0.3, -0.25) is 0 Å². The van der Waals surface area contributed by atoms with Crippen LogP contribution in [0, 0.1) is 0 Å². The van der Waals surface area contributed by atoms with Crippen LogP contribution in [0.25, 0.3) is 0 Å². The van der Waals surface area contributed by atoms with Crippen LogP contribution in [0.3, 0.4) is 0 Å². The molecule has 4 rings (SSSR count). The van der Waals surface area contributed by atoms with Gasteiger partial charge in [-0.25, -0.2) is 8.42 Å². The standard InChI is InChI=1S/C37H44O6S/c1-6-28(30-9-7-27(8-10-30)25-42-34-19-21-36(22-20-34)44(39,40)41)24-32(31-11-15-33(38)16-12-31)23-26(2)29-13-17-35(18-14-29)43-37(3,4)5/h7-22,26,28,32,38H,6,23-25H2,1-5H3,(H,39,40,41)/p-1. The minimum Gasteiger partial charge on any atom is -0.744 e. The molecule has 0 saturated heterocycles. The van der Waals surface area contributed by atoms with Gasteiger partial charge < -0.3 is 19.1 Å². The van der Waals surface area contributed by atoms with E-state index in [0.717, 1.165) is 30.6 Å². The summed E-state index contributed by atoms with van der Waals surface area (Å²) >= 11 is 0. The third kappa shape index (κ3) is 9.60. The summed E-state index contributed by atoms with van der Waals surface area (Å²) < 4.78 is 45.3. The highest BCUT2D eigenvalue weighted by Crippen LogP contribution is 2.39. The Morgan fingerprint density at radius 1 is 0.727 bits per heavy atom. The molecule has 0 radical (unpaired) electrons. The van der Waals surface area contributed by atoms with Crippen LogP contribution in [-0.2, 0) is 16.7 Å². The van der Waals surface area contributed by atoms with Gasteiger partial charge in [-0.2, -0.15) is 0 Å². The molecule has 0 spiro atoms. The summed E-state index contributed by atoms with van der Waals surface area (Å²) in [7, 11) is -4.48. The maximum atomic E-state index is 11.2. The molecule has 4 aromatic carbocycles. The molecule has 1 N–H and O–H groups in total. The van der Waals surface area contributed by atoms with E-state index in [0.29, 0.717) is 30.1 Å². The van der Waals surface area contributed by atoms with Crippen molar-refractivity contribution in [2.75, 3.05) is 0 Å². The Labute approximate surface area is 262 Å². The highest BCUT2D eigenvalue weighted by molar-refractivity contribution is 7.85. The first-order valence-electron chi connectivity index (χ1n) is 15.2. The number of hydrogen-bond acceptors (Lipinski definition) is 6. The predicted molar refractivity (Wildman–Crippen MR) is 174 cm³/mol. The maximum Gasteiger partial charge on any atom is 0.124 e. The van der Waals surface area contributed by atoms with Crippen LogP contribution in [0.5, 0.6) is 17.2 Å². The molecule has 234 valence electrons. The monoisotopic (exact) mass is 615 g/mol. The summed E-state index contributed by atoms with van der Waals surface area (Å²) in [6, 6.07) is 30.0. The largest absolute Gasteiger partial charge is 0.744 e. The quantitative estimate of drug-likeness (QED) is 0.151. The van der Waals surface area contributed by atoms with Crippen LogP contribution in [0.1, 0.15) is 93.9 Å². The van der Waals surface area contributed by atoms with E-state index in [4.69, 9.17) is 9.47 Å². The van der Waals surface area contributed by atoms with Gasteiger partial charge in [0.05, 0.1) is 4.90 Å². The minimum atomic E-state index is -4.48. The highest BCUT2D eigenvalue weighted by Gasteiger charge is 2.22. The normalized spacial score (nSPS) is 14.0. The van der Waals surface area contributed by atoms with Crippen molar-refractivity contribution in [3.05, 3.63) is 119 Å². The molecular weight excluding hydrogens is 572 g/mol. The zero-order chi connectivity index (χ0) is 31.9. The van der Waals surface area contributed by atoms with Crippen molar-refractivity contribution in [1.29, 1.82) is 0 Å². The zero-order valence-corrected chi connectivity index (χ0v) is 27.0. The Hall–Kier alpha value is -3.81. The Morgan fingerprint density at radius 3 is 1.80 bits per heavy atom. The summed E-state index contributed by atoms with van der Waals surface area (Å²) in [5.41, 5.74) is 4.52. The topological polar surface area (TPSA) is 95.9 Å². The van der Waals surface area contributed by atoms with E-state index in [2.05, 4.69) is 62.4 Å². The molecule has 0 heterocycles. The van der Waals surface area contributed by atoms with E-state index < -0.39 is 10.1 Å². The van der Waals surface area contributed by atoms with Crippen molar-refractivity contribution in [3.63, 3.8) is 0 Å². The lowest BCUT2D eigenvalue weighted by Crippen LogP contribution is -2.22. The number of benzene rings is 4. The molecule has 3 unspecified atom stereocenters. The summed E-state index contributed by atoms with van der Waals surface area (Å²) in [6.45, 7) is 11.0. The van der Waals surface area contributed by atoms with Gasteiger partial charge in [0, 0.05) is 0 Å². The average Bonchev–Trinajstić information content (AvgIpc) is 2.98. The first-order valence-corrected chi connectivity index (χ1v) is 16.6. The second-order valence-electron chi connectivity index (χ2n) is 12.5. The molecule has 0 aliphatic carbocycles. The van der Waals surface area contributed by atoms with Crippen LogP contribution < -0.4 is 9.47 Å². The van der Waals surface area contributed by atoms with E-state index >= 15 is 0 Å². The lowest BCUT2D eigenvalue weighted by atomic mass is 9.78. The average molecular weight is 616 g/mol. The second-order valence-corrected chi connectivity index (χ2v) is 13.9. The van der Waals surface area contributed by atoms with Gasteiger partial charge in [0.1, 0.15) is 39.6 Å². The van der Waals surface area contributed by atoms with Gasteiger partial charge in [0.15, 0.2) is 0 Å². The Morgan fingerprint density at radius 2 is 1.25 bits per heavy atom. The van der Waals surface area contributed by atoms with Crippen LogP contribution in [0.2, 0.25) is 0 Å². The fraction of sp³-hybridized carbons (Fsp3) is 0.351. The van der Waals surface area contributed by atoms with Crippen LogP contribution in [0.15, 0.2) is 102 Å². The van der Waals surface area contributed by atoms with Gasteiger partial charge in [-0.05, 0) is 129 Å². The predicted octanol–water partition coefficient (Wildman–Crippen LogP) is 8.91. The molecule has 0 aliphatic rings. The van der Waals surface area contributed by atoms with Gasteiger partial charge in [-0.15, -0.1) is 0 Å². The van der Waals surface area contributed by atoms with Crippen LogP contribution in [-0.4, -0.2) is 23.7 Å². The minimum absolute atomic E-state index is 0.240. The third-order valence-corrected chi connectivity index (χ3v) is 8.76. The molecule has 0 bridgehead atoms. The van der Waals surface area contributed by atoms with Gasteiger partial charge in [0.25, 0.3) is 0 Å². The zero-order valence-electron chi connectivity index (χ0n) is 26.2. The summed E-state index contributed by atoms with van der Waals surface area (Å²) in [6.07, 6.45) is 2.94. The van der Waals surface area contributed by atoms with E-state index in [9.17, 15) is 18.1 Å². The molecule has 0 fully saturated rings. The lowest BCUT2D eigenvalue weighted by molar-refractivity contribution is 0.131. The molecule has 44 heavy (non-hydrogen) atoms. The van der Waals surface area contributed by atoms with Crippen molar-refractivity contribution >= 4 is 10.1 Å². The first-order chi connectivity index (χ1) is 20.8. The lowest BCUT2D eigenvalue weighted by Gasteiger charge is -2.27. The molecule has 6 nitrogen and oxygen atoms in total. The van der Waals surface area contributed by atoms with Crippen LogP contribution >= 0.6 is 0 Å². The van der Waals surface area contributed by atoms with E-state index in [1.165, 1.54) is 41.0 Å². The summed E-state index contributed by atoms with van der Waals surface area (Å²) in [5.74, 6) is 2.61. The SMILES string of the molecule is CCC(CC(CC(C)c1ccc(OC(C)(C)C)cc1)c1ccc(O)cc1)c1ccc(COc2ccc(S(=O)(=O)[O-])cc2)cc1. The third-order valence-electron chi connectivity index (χ3n) is 7.91. The van der Waals surface area contributed by atoms with Gasteiger partial charge in [0.2, 0.25) is 0 Å². The molecule has 0 saturated carbocycles. The molecule has 7 heteroatoms. The smallest absolute Gasteiger partial charge is 0.124 e. The fourth-order valence-electron chi connectivity index (χ4n) is 5.53. The van der Waals surface area contributed by atoms with Gasteiger partial charge >= 0.3 is 0 Å². The summed E-state index contributed by atoms with van der Waals surface area (Å²) in [4.78, 5) is -0.275. The highest BCUT2D eigenvalue weighted by atomic mass is 32.2. The Bertz CT molecular complexity index is 1570. The number of phenols is 1. The summed E-state index contributed by atoms with van der Waals surface area (Å²) in [5, 5.41) is 9.94. The van der Waals surface area contributed by atoms with E-state index in [-0.39, 0.29) is 16.2 Å². The van der Waals surface area contributed by atoms with Crippen molar-refractivity contribution in [2.45, 2.75) is 88.7 Å². The molecule has 0 aromatic heterocycles. The number of aromatic hydroxyl groups is 1. The van der Waals surface area contributed by atoms with Crippen LogP contribution in [0.4, 0.5) is 0 Å². The number of hydrogen-bond donors (Lipinski definition) is 1. The van der Waals surface area contributed by atoms with E-state index in [1.807, 2.05) is 32.9 Å². The van der Waals surface area contributed by atoms with Crippen molar-refractivity contribution in [3.8, 4) is 17.2 Å². The molecule has 3 atom stereocenters. The number of ether oxygens (including phenoxy) is 2. The molecule has 0 amide bonds. The molecular formula is C37H43O6S-. The first kappa shape index (κ1) is 33.1. The molecule has 4 aromatic rings. The number of rotatable bonds is 13. The fourth-order valence-corrected chi connectivity index (χ4v) is 6.00. The van der Waals surface area contributed by atoms with E-state index in [1.54, 1.807) is 12.1 Å². The Kier molecular flexibility index (Phi) is 10.8.